The van der Waals surface area contributed by atoms with Gasteiger partial charge in [0, 0.05) is 6.42 Å². The van der Waals surface area contributed by atoms with Gasteiger partial charge < -0.3 is 0 Å². The number of hydrogen-bond acceptors (Lipinski definition) is 2. The topological polar surface area (TPSA) is 27.0 Å². The van der Waals surface area contributed by atoms with Gasteiger partial charge in [-0.25, -0.2) is 9.97 Å². The molecule has 0 saturated carbocycles. The summed E-state index contributed by atoms with van der Waals surface area (Å²) in [5.41, 5.74) is 1.06. The molecule has 1 aromatic heterocycles. The Morgan fingerprint density at radius 1 is 1.67 bits per heavy atom. The van der Waals surface area contributed by atoms with Crippen molar-refractivity contribution in [2.75, 3.05) is 5.75 Å². The number of aryl methyl sites for hydroxylation is 1. The first-order chi connectivity index (χ1) is 4.43. The van der Waals surface area contributed by atoms with E-state index in [-0.39, 0.29) is 0 Å². The molecule has 0 aliphatic carbocycles. The summed E-state index contributed by atoms with van der Waals surface area (Å²) in [5, 5.41) is 0. The number of aromatic nitrogens is 2. The molecule has 1 heterocycles. The largest absolute Gasteiger partial charge is 0.249 e. The van der Waals surface area contributed by atoms with Crippen molar-refractivity contribution in [2.45, 2.75) is 6.42 Å². The van der Waals surface area contributed by atoms with Crippen LogP contribution in [-0.2, 0) is 6.42 Å². The molecule has 2 nitrogen and oxygen atoms in total. The molecule has 0 amide bonds. The maximum absolute atomic E-state index is 4.09. The van der Waals surface area contributed by atoms with Crippen LogP contribution >= 0.6 is 12.6 Å². The van der Waals surface area contributed by atoms with Crippen LogP contribution in [-0.4, -0.2) is 10.7 Å². The summed E-state index contributed by atoms with van der Waals surface area (Å²) >= 11 is 4.08. The van der Waals surface area contributed by atoms with E-state index < -0.39 is 0 Å². The van der Waals surface area contributed by atoms with E-state index in [1.54, 1.807) is 12.4 Å². The fourth-order valence-electron chi connectivity index (χ4n) is 0.609. The van der Waals surface area contributed by atoms with Gasteiger partial charge in [-0.05, 0) is 5.75 Å². The smallest absolute Gasteiger partial charge is 0.188 e. The van der Waals surface area contributed by atoms with E-state index in [0.717, 1.165) is 17.9 Å². The Balaban J connectivity index is 2.61. The Labute approximate surface area is 59.8 Å². The lowest BCUT2D eigenvalue weighted by Crippen LogP contribution is -2.03. The van der Waals surface area contributed by atoms with Crippen molar-refractivity contribution >= 4 is 12.6 Å². The maximum Gasteiger partial charge on any atom is 0.188 e. The minimum Gasteiger partial charge on any atom is -0.249 e. The predicted molar refractivity (Wildman–Crippen MR) is 38.3 cm³/mol. The lowest BCUT2D eigenvalue weighted by Gasteiger charge is -1.87. The fraction of sp³-hybridized carbons (Fsp3) is 0.333. The average molecular weight is 141 g/mol. The highest BCUT2D eigenvalue weighted by Gasteiger charge is 1.92. The third-order valence-corrected chi connectivity index (χ3v) is 1.25. The van der Waals surface area contributed by atoms with Crippen molar-refractivity contribution in [3.63, 3.8) is 0 Å². The number of nitrogens with one attached hydrogen (secondary N) is 1. The van der Waals surface area contributed by atoms with Crippen LogP contribution in [0.2, 0.25) is 0 Å². The molecule has 9 heavy (non-hydrogen) atoms. The summed E-state index contributed by atoms with van der Waals surface area (Å²) in [6.45, 7) is 0. The predicted octanol–water partition coefficient (Wildman–Crippen LogP) is 0.368. The van der Waals surface area contributed by atoms with E-state index in [1.807, 2.05) is 6.20 Å². The molecule has 1 aromatic rings. The monoisotopic (exact) mass is 141 g/mol. The van der Waals surface area contributed by atoms with Gasteiger partial charge in [0.25, 0.3) is 0 Å². The van der Waals surface area contributed by atoms with E-state index in [4.69, 9.17) is 0 Å². The molecule has 0 fully saturated rings. The maximum atomic E-state index is 4.09. The van der Waals surface area contributed by atoms with E-state index in [9.17, 15) is 0 Å². The van der Waals surface area contributed by atoms with Gasteiger partial charge in [-0.3, -0.25) is 0 Å². The second-order valence-corrected chi connectivity index (χ2v) is 2.17. The zero-order chi connectivity index (χ0) is 6.53. The molecule has 0 atom stereocenters. The van der Waals surface area contributed by atoms with Crippen molar-refractivity contribution in [3.05, 3.63) is 24.3 Å². The quantitative estimate of drug-likeness (QED) is 0.592. The Morgan fingerprint density at radius 2 is 2.56 bits per heavy atom. The zero-order valence-corrected chi connectivity index (χ0v) is 5.94. The molecule has 1 N–H and O–H groups in total. The van der Waals surface area contributed by atoms with E-state index >= 15 is 0 Å². The van der Waals surface area contributed by atoms with E-state index in [0.29, 0.717) is 0 Å². The highest BCUT2D eigenvalue weighted by atomic mass is 32.1. The Hall–Kier alpha value is -0.570. The number of rotatable bonds is 2. The molecule has 1 rings (SSSR count). The molecular formula is C6H9N2S+. The Bertz CT molecular complexity index is 164. The van der Waals surface area contributed by atoms with Crippen LogP contribution in [0.1, 0.15) is 5.69 Å². The third-order valence-electron chi connectivity index (χ3n) is 1.03. The Kier molecular flexibility index (Phi) is 2.51. The lowest BCUT2D eigenvalue weighted by atomic mass is 10.4. The number of hydrogen-bond donors (Lipinski definition) is 1. The number of nitrogens with zero attached hydrogens (tertiary/aromatic N) is 1. The Morgan fingerprint density at radius 3 is 3.11 bits per heavy atom. The van der Waals surface area contributed by atoms with E-state index in [1.165, 1.54) is 0 Å². The van der Waals surface area contributed by atoms with Gasteiger partial charge in [0.05, 0.1) is 6.20 Å². The minimum atomic E-state index is 0.852. The molecule has 48 valence electrons. The minimum absolute atomic E-state index is 0.852. The first kappa shape index (κ1) is 6.55. The second kappa shape index (κ2) is 3.45. The van der Waals surface area contributed by atoms with Crippen LogP contribution in [0.15, 0.2) is 18.6 Å². The summed E-state index contributed by atoms with van der Waals surface area (Å²) in [7, 11) is 0. The summed E-state index contributed by atoms with van der Waals surface area (Å²) in [5.74, 6) is 0.852. The molecule has 0 bridgehead atoms. The standard InChI is InChI=1S/C6H8N2S/c9-4-1-6-5-7-2-3-8-6/h2-3,5,9H,1,4H2/p+1. The molecule has 0 aromatic carbocycles. The number of thiol groups is 1. The first-order valence-corrected chi connectivity index (χ1v) is 3.48. The normalized spacial score (nSPS) is 9.44. The highest BCUT2D eigenvalue weighted by molar-refractivity contribution is 7.80. The summed E-state index contributed by atoms with van der Waals surface area (Å²) in [6, 6.07) is 0. The number of H-pyrrole nitrogens is 1. The molecule has 0 saturated heterocycles. The van der Waals surface area contributed by atoms with Crippen LogP contribution in [0.25, 0.3) is 0 Å². The SMILES string of the molecule is SCCc1c[nH+]ccn1. The summed E-state index contributed by atoms with van der Waals surface area (Å²) in [4.78, 5) is 7.04. The molecule has 0 radical (unpaired) electrons. The van der Waals surface area contributed by atoms with Gasteiger partial charge in [0.15, 0.2) is 12.4 Å². The summed E-state index contributed by atoms with van der Waals surface area (Å²) < 4.78 is 0. The van der Waals surface area contributed by atoms with Gasteiger partial charge in [-0.2, -0.15) is 12.6 Å². The molecular weight excluding hydrogens is 132 g/mol. The zero-order valence-electron chi connectivity index (χ0n) is 5.04. The van der Waals surface area contributed by atoms with Gasteiger partial charge in [-0.1, -0.05) is 0 Å². The number of aromatic amines is 1. The van der Waals surface area contributed by atoms with Crippen LogP contribution in [0, 0.1) is 0 Å². The third kappa shape index (κ3) is 2.01. The fourth-order valence-corrected chi connectivity index (χ4v) is 0.838. The lowest BCUT2D eigenvalue weighted by molar-refractivity contribution is -0.379. The van der Waals surface area contributed by atoms with Gasteiger partial charge in [0.1, 0.15) is 5.69 Å². The molecule has 3 heteroatoms. The van der Waals surface area contributed by atoms with Crippen molar-refractivity contribution in [3.8, 4) is 0 Å². The molecule has 0 unspecified atom stereocenters. The van der Waals surface area contributed by atoms with Gasteiger partial charge >= 0.3 is 0 Å². The average Bonchev–Trinajstić information content (AvgIpc) is 1.91. The first-order valence-electron chi connectivity index (χ1n) is 2.85. The molecule has 0 aliphatic rings. The summed E-state index contributed by atoms with van der Waals surface area (Å²) in [6.07, 6.45) is 6.36. The van der Waals surface area contributed by atoms with Crippen molar-refractivity contribution in [1.82, 2.24) is 4.98 Å². The van der Waals surface area contributed by atoms with Crippen molar-refractivity contribution < 1.29 is 4.98 Å². The van der Waals surface area contributed by atoms with Crippen LogP contribution in [0.4, 0.5) is 0 Å². The van der Waals surface area contributed by atoms with E-state index in [2.05, 4.69) is 22.6 Å². The van der Waals surface area contributed by atoms with Crippen LogP contribution in [0.3, 0.4) is 0 Å². The highest BCUT2D eigenvalue weighted by Crippen LogP contribution is 1.89. The van der Waals surface area contributed by atoms with Crippen LogP contribution in [0.5, 0.6) is 0 Å². The van der Waals surface area contributed by atoms with Crippen molar-refractivity contribution in [1.29, 1.82) is 0 Å². The molecule has 0 spiro atoms. The van der Waals surface area contributed by atoms with Crippen LogP contribution < -0.4 is 4.98 Å². The molecule has 0 aliphatic heterocycles. The van der Waals surface area contributed by atoms with Gasteiger partial charge in [0.2, 0.25) is 0 Å². The van der Waals surface area contributed by atoms with Gasteiger partial charge in [-0.15, -0.1) is 0 Å². The van der Waals surface area contributed by atoms with Crippen molar-refractivity contribution in [2.24, 2.45) is 0 Å². The second-order valence-electron chi connectivity index (χ2n) is 1.72.